The van der Waals surface area contributed by atoms with Gasteiger partial charge in [0.25, 0.3) is 0 Å². The summed E-state index contributed by atoms with van der Waals surface area (Å²) in [5.41, 5.74) is 2.47. The van der Waals surface area contributed by atoms with E-state index in [1.54, 1.807) is 12.0 Å². The summed E-state index contributed by atoms with van der Waals surface area (Å²) >= 11 is 5.72. The second kappa shape index (κ2) is 14.8. The molecule has 262 valence electrons. The highest BCUT2D eigenvalue weighted by molar-refractivity contribution is 7.80. The van der Waals surface area contributed by atoms with Crippen molar-refractivity contribution in [1.82, 2.24) is 25.5 Å². The topological polar surface area (TPSA) is 113 Å². The number of hydrogen-bond acceptors (Lipinski definition) is 9. The second-order valence-electron chi connectivity index (χ2n) is 15.1. The van der Waals surface area contributed by atoms with Crippen LogP contribution >= 0.6 is 12.2 Å². The first-order valence-electron chi connectivity index (χ1n) is 17.8. The fraction of sp³-hybridized carbons (Fsp3) is 0.771. The fourth-order valence-electron chi connectivity index (χ4n) is 8.94. The van der Waals surface area contributed by atoms with E-state index in [-0.39, 0.29) is 18.6 Å². The fourth-order valence-corrected chi connectivity index (χ4v) is 9.23. The minimum atomic E-state index is -0.813. The van der Waals surface area contributed by atoms with E-state index < -0.39 is 24.2 Å². The van der Waals surface area contributed by atoms with Gasteiger partial charge in [0.15, 0.2) is 5.11 Å². The number of hydrogen-bond donors (Lipinski definition) is 4. The maximum Gasteiger partial charge on any atom is 0.240 e. The summed E-state index contributed by atoms with van der Waals surface area (Å²) in [6.07, 6.45) is 0.764. The third-order valence-electron chi connectivity index (χ3n) is 12.1. The Hall–Kier alpha value is -2.06. The van der Waals surface area contributed by atoms with Crippen LogP contribution in [0.15, 0.2) is 24.3 Å². The molecule has 1 amide bonds. The second-order valence-corrected chi connectivity index (χ2v) is 15.5. The molecule has 3 aliphatic heterocycles. The van der Waals surface area contributed by atoms with Gasteiger partial charge in [-0.25, -0.2) is 0 Å². The Morgan fingerprint density at radius 2 is 1.87 bits per heavy atom. The number of morpholine rings is 1. The molecule has 3 saturated heterocycles. The number of thiocarbonyl (C=S) groups is 1. The number of piperazine rings is 1. The van der Waals surface area contributed by atoms with Crippen molar-refractivity contribution in [1.29, 1.82) is 0 Å². The quantitative estimate of drug-likeness (QED) is 0.273. The molecule has 12 heteroatoms. The number of carbonyl (C=O) groups excluding carboxylic acids is 1. The Morgan fingerprint density at radius 1 is 1.13 bits per heavy atom. The number of aliphatic hydroxyl groups is 2. The Kier molecular flexibility index (Phi) is 11.0. The number of nitrogens with zero attached hydrogens (tertiary/aromatic N) is 4. The van der Waals surface area contributed by atoms with E-state index in [4.69, 9.17) is 21.8 Å². The predicted molar refractivity (Wildman–Crippen MR) is 186 cm³/mol. The van der Waals surface area contributed by atoms with Gasteiger partial charge in [-0.2, -0.15) is 5.06 Å². The summed E-state index contributed by atoms with van der Waals surface area (Å²) in [4.78, 5) is 27.2. The Morgan fingerprint density at radius 3 is 2.53 bits per heavy atom. The first-order chi connectivity index (χ1) is 22.6. The summed E-state index contributed by atoms with van der Waals surface area (Å²) < 4.78 is 5.44. The van der Waals surface area contributed by atoms with Crippen LogP contribution in [0, 0.1) is 29.1 Å². The number of benzene rings is 1. The third-order valence-corrected chi connectivity index (χ3v) is 12.5. The first kappa shape index (κ1) is 34.8. The lowest BCUT2D eigenvalue weighted by atomic mass is 9.45. The minimum Gasteiger partial charge on any atom is -0.394 e. The van der Waals surface area contributed by atoms with E-state index >= 15 is 0 Å². The molecule has 3 heterocycles. The number of nitrogens with one attached hydrogen (secondary N) is 2. The molecule has 7 rings (SSSR count). The molecule has 4 N–H and O–H groups in total. The lowest BCUT2D eigenvalue weighted by molar-refractivity contribution is -0.183. The van der Waals surface area contributed by atoms with Crippen molar-refractivity contribution in [2.24, 2.45) is 29.1 Å². The number of anilines is 1. The smallest absolute Gasteiger partial charge is 0.240 e. The first-order valence-corrected chi connectivity index (χ1v) is 18.2. The van der Waals surface area contributed by atoms with Gasteiger partial charge in [-0.05, 0) is 72.8 Å². The molecular formula is C35H56N6O5S. The molecular weight excluding hydrogens is 616 g/mol. The van der Waals surface area contributed by atoms with Crippen LogP contribution in [0.1, 0.15) is 46.1 Å². The van der Waals surface area contributed by atoms with Crippen LogP contribution in [0.3, 0.4) is 0 Å². The van der Waals surface area contributed by atoms with Crippen LogP contribution in [0.2, 0.25) is 0 Å². The molecule has 0 aromatic heterocycles. The third kappa shape index (κ3) is 7.44. The summed E-state index contributed by atoms with van der Waals surface area (Å²) in [5, 5.41) is 30.3. The van der Waals surface area contributed by atoms with E-state index in [1.807, 2.05) is 12.1 Å². The van der Waals surface area contributed by atoms with Crippen molar-refractivity contribution in [3.05, 3.63) is 29.8 Å². The minimum absolute atomic E-state index is 0.110. The van der Waals surface area contributed by atoms with E-state index in [0.717, 1.165) is 88.4 Å². The Balaban J connectivity index is 1.05. The summed E-state index contributed by atoms with van der Waals surface area (Å²) in [6.45, 7) is 17.6. The van der Waals surface area contributed by atoms with Crippen molar-refractivity contribution < 1.29 is 24.6 Å². The normalized spacial score (nSPS) is 33.3. The van der Waals surface area contributed by atoms with Gasteiger partial charge >= 0.3 is 0 Å². The molecule has 8 atom stereocenters. The molecule has 1 aromatic rings. The number of aliphatic hydroxyl groups excluding tert-OH is 2. The van der Waals surface area contributed by atoms with E-state index in [2.05, 4.69) is 58.2 Å². The maximum absolute atomic E-state index is 14.0. The highest BCUT2D eigenvalue weighted by Gasteiger charge is 2.57. The van der Waals surface area contributed by atoms with Gasteiger partial charge in [0, 0.05) is 70.0 Å². The van der Waals surface area contributed by atoms with Crippen LogP contribution < -0.4 is 15.5 Å². The largest absolute Gasteiger partial charge is 0.394 e. The van der Waals surface area contributed by atoms with E-state index in [1.165, 1.54) is 6.42 Å². The van der Waals surface area contributed by atoms with Gasteiger partial charge in [-0.3, -0.25) is 14.5 Å². The van der Waals surface area contributed by atoms with Gasteiger partial charge in [-0.1, -0.05) is 32.9 Å². The average molecular weight is 673 g/mol. The summed E-state index contributed by atoms with van der Waals surface area (Å²) in [7, 11) is 0. The zero-order chi connectivity index (χ0) is 33.3. The van der Waals surface area contributed by atoms with Crippen LogP contribution in [0.25, 0.3) is 0 Å². The molecule has 11 nitrogen and oxygen atoms in total. The lowest BCUT2D eigenvalue weighted by Gasteiger charge is -2.62. The molecule has 0 spiro atoms. The van der Waals surface area contributed by atoms with Crippen molar-refractivity contribution >= 4 is 28.9 Å². The molecule has 2 unspecified atom stereocenters. The Labute approximate surface area is 285 Å². The molecule has 3 saturated carbocycles. The van der Waals surface area contributed by atoms with Crippen molar-refractivity contribution in [3.8, 4) is 0 Å². The van der Waals surface area contributed by atoms with Crippen molar-refractivity contribution in [3.63, 3.8) is 0 Å². The standard InChI is InChI=1S/C35H56N6O5S/c1-23-28-19-26(35(28,3)4)20-29(23)37-33(44)32-31(24(2)43)30(22-42)46-41(32)21-25-6-5-7-27(18-25)39-10-12-40(13-11-39)34(47)36-8-9-38-14-16-45-17-15-38/h5-7,18,23-24,26,28-32,42-43H,8-17,19-22H2,1-4H3,(H,36,47)(H,37,44)/t23-,24+,26?,28?,29+,30+,31-,32+/m1/s1. The highest BCUT2D eigenvalue weighted by atomic mass is 32.1. The zero-order valence-corrected chi connectivity index (χ0v) is 29.5. The highest BCUT2D eigenvalue weighted by Crippen LogP contribution is 2.61. The maximum atomic E-state index is 14.0. The van der Waals surface area contributed by atoms with Crippen LogP contribution in [0.4, 0.5) is 5.69 Å². The molecule has 47 heavy (non-hydrogen) atoms. The van der Waals surface area contributed by atoms with E-state index in [9.17, 15) is 15.0 Å². The van der Waals surface area contributed by atoms with Crippen LogP contribution in [-0.4, -0.2) is 133 Å². The van der Waals surface area contributed by atoms with Crippen LogP contribution in [0.5, 0.6) is 0 Å². The molecule has 3 aliphatic carbocycles. The van der Waals surface area contributed by atoms with Gasteiger partial charge in [0.2, 0.25) is 5.91 Å². The number of ether oxygens (including phenoxy) is 1. The van der Waals surface area contributed by atoms with Gasteiger partial charge in [-0.15, -0.1) is 0 Å². The van der Waals surface area contributed by atoms with Crippen molar-refractivity contribution in [2.45, 2.75) is 71.4 Å². The van der Waals surface area contributed by atoms with E-state index in [0.29, 0.717) is 29.7 Å². The summed E-state index contributed by atoms with van der Waals surface area (Å²) in [6, 6.07) is 7.80. The molecule has 6 fully saturated rings. The SMILES string of the molecule is C[C@H](O)[C@@H]1[C@H](CO)ON(Cc2cccc(N3CCN(C(=S)NCCN4CCOCC4)CC3)c2)[C@@H]1C(=O)N[C@H]1CC2CC([C@H]1C)C2(C)C. The van der Waals surface area contributed by atoms with Gasteiger partial charge in [0.1, 0.15) is 12.1 Å². The molecule has 6 aliphatic rings. The van der Waals surface area contributed by atoms with Crippen LogP contribution in [-0.2, 0) is 20.9 Å². The molecule has 0 radical (unpaired) electrons. The number of fused-ring (bicyclic) bond motifs is 2. The molecule has 2 bridgehead atoms. The monoisotopic (exact) mass is 672 g/mol. The number of amides is 1. The van der Waals surface area contributed by atoms with Gasteiger partial charge in [0.05, 0.1) is 32.5 Å². The molecule has 1 aromatic carbocycles. The number of hydroxylamine groups is 2. The van der Waals surface area contributed by atoms with Gasteiger partial charge < -0.3 is 35.4 Å². The number of carbonyl (C=O) groups is 1. The zero-order valence-electron chi connectivity index (χ0n) is 28.6. The van der Waals surface area contributed by atoms with Crippen molar-refractivity contribution in [2.75, 3.05) is 77.1 Å². The Bertz CT molecular complexity index is 1240. The summed E-state index contributed by atoms with van der Waals surface area (Å²) in [5.74, 6) is 0.972. The lowest BCUT2D eigenvalue weighted by Crippen LogP contribution is -2.62. The number of rotatable bonds is 10. The predicted octanol–water partition coefficient (Wildman–Crippen LogP) is 1.68. The average Bonchev–Trinajstić information content (AvgIpc) is 3.44.